The lowest BCUT2D eigenvalue weighted by Gasteiger charge is -2.16. The number of hydrogen-bond acceptors (Lipinski definition) is 7. The number of nitrogens with zero attached hydrogens (tertiary/aromatic N) is 4. The molecule has 0 unspecified atom stereocenters. The van der Waals surface area contributed by atoms with Crippen molar-refractivity contribution in [3.63, 3.8) is 0 Å². The van der Waals surface area contributed by atoms with E-state index in [4.69, 9.17) is 9.47 Å². The summed E-state index contributed by atoms with van der Waals surface area (Å²) in [6.07, 6.45) is 0. The zero-order valence-electron chi connectivity index (χ0n) is 13.9. The lowest BCUT2D eigenvalue weighted by atomic mass is 10.2. The summed E-state index contributed by atoms with van der Waals surface area (Å²) in [4.78, 5) is 18.9. The van der Waals surface area contributed by atoms with Crippen LogP contribution >= 0.6 is 11.3 Å². The summed E-state index contributed by atoms with van der Waals surface area (Å²) < 4.78 is 11.9. The molecule has 0 aliphatic carbocycles. The number of hydrogen-bond donors (Lipinski definition) is 0. The Morgan fingerprint density at radius 1 is 1.21 bits per heavy atom. The summed E-state index contributed by atoms with van der Waals surface area (Å²) in [7, 11) is 5.14. The molecule has 0 spiro atoms. The Hall–Kier alpha value is -2.61. The van der Waals surface area contributed by atoms with Crippen molar-refractivity contribution in [3.8, 4) is 11.5 Å². The highest BCUT2D eigenvalue weighted by Crippen LogP contribution is 2.29. The van der Waals surface area contributed by atoms with Crippen LogP contribution in [0, 0.1) is 6.92 Å². The molecule has 0 saturated carbocycles. The Kier molecular flexibility index (Phi) is 4.39. The van der Waals surface area contributed by atoms with Gasteiger partial charge in [-0.15, -0.1) is 5.10 Å². The van der Waals surface area contributed by atoms with Crippen LogP contribution in [0.3, 0.4) is 0 Å². The van der Waals surface area contributed by atoms with Crippen molar-refractivity contribution >= 4 is 21.4 Å². The molecule has 0 fully saturated rings. The molecule has 0 saturated heterocycles. The number of methoxy groups -OCH3 is 2. The second-order valence-electron chi connectivity index (χ2n) is 5.36. The largest absolute Gasteiger partial charge is 0.493 e. The zero-order valence-corrected chi connectivity index (χ0v) is 14.8. The van der Waals surface area contributed by atoms with Crippen molar-refractivity contribution in [2.45, 2.75) is 13.5 Å². The van der Waals surface area contributed by atoms with Crippen LogP contribution in [-0.2, 0) is 6.54 Å². The Bertz CT molecular complexity index is 935. The number of ether oxygens (including phenoxy) is 2. The maximum absolute atomic E-state index is 12.0. The number of rotatable bonds is 5. The Morgan fingerprint density at radius 2 is 1.96 bits per heavy atom. The van der Waals surface area contributed by atoms with E-state index in [1.165, 1.54) is 21.9 Å². The predicted octanol–water partition coefficient (Wildman–Crippen LogP) is 2.11. The fourth-order valence-corrected chi connectivity index (χ4v) is 3.30. The molecule has 7 nitrogen and oxygen atoms in total. The van der Waals surface area contributed by atoms with Gasteiger partial charge in [0.25, 0.3) is 5.56 Å². The van der Waals surface area contributed by atoms with E-state index in [0.29, 0.717) is 28.7 Å². The summed E-state index contributed by atoms with van der Waals surface area (Å²) in [5, 5.41) is 5.08. The van der Waals surface area contributed by atoms with Crippen molar-refractivity contribution in [3.05, 3.63) is 45.9 Å². The molecule has 1 aromatic carbocycles. The molecule has 3 rings (SSSR count). The minimum atomic E-state index is -0.167. The SMILES string of the molecule is COc1ccc(CN(C)c2nn3c(=O)cc(C)nc3s2)cc1OC. The molecule has 0 aliphatic heterocycles. The van der Waals surface area contributed by atoms with E-state index in [1.807, 2.05) is 30.1 Å². The predicted molar refractivity (Wildman–Crippen MR) is 93.5 cm³/mol. The van der Waals surface area contributed by atoms with Crippen LogP contribution in [0.15, 0.2) is 29.1 Å². The molecule has 3 aromatic rings. The van der Waals surface area contributed by atoms with Crippen LogP contribution in [0.1, 0.15) is 11.3 Å². The van der Waals surface area contributed by atoms with Gasteiger partial charge in [0.2, 0.25) is 10.1 Å². The van der Waals surface area contributed by atoms with Crippen molar-refractivity contribution in [2.24, 2.45) is 0 Å². The van der Waals surface area contributed by atoms with Crippen molar-refractivity contribution in [2.75, 3.05) is 26.2 Å². The van der Waals surface area contributed by atoms with Gasteiger partial charge in [-0.3, -0.25) is 4.79 Å². The van der Waals surface area contributed by atoms with E-state index < -0.39 is 0 Å². The summed E-state index contributed by atoms with van der Waals surface area (Å²) in [5.74, 6) is 1.37. The van der Waals surface area contributed by atoms with E-state index in [0.717, 1.165) is 10.7 Å². The topological polar surface area (TPSA) is 69.0 Å². The molecule has 0 radical (unpaired) electrons. The molecule has 0 bridgehead atoms. The normalized spacial score (nSPS) is 10.8. The maximum Gasteiger partial charge on any atom is 0.275 e. The van der Waals surface area contributed by atoms with Crippen LogP contribution in [0.25, 0.3) is 4.96 Å². The second-order valence-corrected chi connectivity index (χ2v) is 6.29. The first-order chi connectivity index (χ1) is 11.5. The third kappa shape index (κ3) is 3.05. The molecular formula is C16H18N4O3S. The maximum atomic E-state index is 12.0. The van der Waals surface area contributed by atoms with Crippen LogP contribution in [-0.4, -0.2) is 35.9 Å². The van der Waals surface area contributed by atoms with E-state index in [2.05, 4.69) is 10.1 Å². The average molecular weight is 346 g/mol. The first-order valence-electron chi connectivity index (χ1n) is 7.31. The van der Waals surface area contributed by atoms with Gasteiger partial charge < -0.3 is 14.4 Å². The minimum absolute atomic E-state index is 0.167. The Labute approximate surface area is 143 Å². The van der Waals surface area contributed by atoms with Gasteiger partial charge in [-0.05, 0) is 24.6 Å². The quantitative estimate of drug-likeness (QED) is 0.705. The van der Waals surface area contributed by atoms with Gasteiger partial charge in [-0.2, -0.15) is 4.52 Å². The van der Waals surface area contributed by atoms with Gasteiger partial charge in [0.15, 0.2) is 11.5 Å². The number of fused-ring (bicyclic) bond motifs is 1. The molecule has 0 N–H and O–H groups in total. The van der Waals surface area contributed by atoms with Crippen LogP contribution in [0.4, 0.5) is 5.13 Å². The number of benzene rings is 1. The first kappa shape index (κ1) is 16.3. The first-order valence-corrected chi connectivity index (χ1v) is 8.13. The highest BCUT2D eigenvalue weighted by molar-refractivity contribution is 7.20. The Morgan fingerprint density at radius 3 is 2.67 bits per heavy atom. The third-order valence-electron chi connectivity index (χ3n) is 3.56. The summed E-state index contributed by atoms with van der Waals surface area (Å²) in [5.41, 5.74) is 1.57. The molecule has 126 valence electrons. The number of aromatic nitrogens is 3. The molecule has 2 heterocycles. The van der Waals surface area contributed by atoms with E-state index in [-0.39, 0.29) is 5.56 Å². The summed E-state index contributed by atoms with van der Waals surface area (Å²) >= 11 is 1.38. The second kappa shape index (κ2) is 6.48. The van der Waals surface area contributed by atoms with Gasteiger partial charge in [-0.25, -0.2) is 4.98 Å². The Balaban J connectivity index is 1.88. The standard InChI is InChI=1S/C16H18N4O3S/c1-10-7-14(21)20-15(17-10)24-16(18-20)19(2)9-11-5-6-12(22-3)13(8-11)23-4/h5-8H,9H2,1-4H3. The fourth-order valence-electron chi connectivity index (χ4n) is 2.39. The van der Waals surface area contributed by atoms with Gasteiger partial charge in [-0.1, -0.05) is 17.4 Å². The molecule has 8 heteroatoms. The van der Waals surface area contributed by atoms with Gasteiger partial charge in [0, 0.05) is 25.4 Å². The molecule has 24 heavy (non-hydrogen) atoms. The molecule has 0 atom stereocenters. The van der Waals surface area contributed by atoms with E-state index in [1.54, 1.807) is 21.1 Å². The minimum Gasteiger partial charge on any atom is -0.493 e. The molecular weight excluding hydrogens is 328 g/mol. The zero-order chi connectivity index (χ0) is 17.3. The van der Waals surface area contributed by atoms with Gasteiger partial charge in [0.1, 0.15) is 0 Å². The summed E-state index contributed by atoms with van der Waals surface area (Å²) in [6.45, 7) is 2.42. The smallest absolute Gasteiger partial charge is 0.275 e. The average Bonchev–Trinajstić information content (AvgIpc) is 2.99. The lowest BCUT2D eigenvalue weighted by Crippen LogP contribution is -2.18. The molecule has 0 aliphatic rings. The monoisotopic (exact) mass is 346 g/mol. The highest BCUT2D eigenvalue weighted by Gasteiger charge is 2.13. The number of aryl methyl sites for hydroxylation is 1. The highest BCUT2D eigenvalue weighted by atomic mass is 32.1. The fraction of sp³-hybridized carbons (Fsp3) is 0.312. The van der Waals surface area contributed by atoms with Crippen molar-refractivity contribution in [1.82, 2.24) is 14.6 Å². The van der Waals surface area contributed by atoms with E-state index >= 15 is 0 Å². The van der Waals surface area contributed by atoms with Gasteiger partial charge >= 0.3 is 0 Å². The van der Waals surface area contributed by atoms with Crippen molar-refractivity contribution in [1.29, 1.82) is 0 Å². The third-order valence-corrected chi connectivity index (χ3v) is 4.58. The van der Waals surface area contributed by atoms with Crippen LogP contribution in [0.5, 0.6) is 11.5 Å². The molecule has 0 amide bonds. The van der Waals surface area contributed by atoms with Crippen molar-refractivity contribution < 1.29 is 9.47 Å². The summed E-state index contributed by atoms with van der Waals surface area (Å²) in [6, 6.07) is 7.25. The molecule has 2 aromatic heterocycles. The van der Waals surface area contributed by atoms with E-state index in [9.17, 15) is 4.79 Å². The van der Waals surface area contributed by atoms with Gasteiger partial charge in [0.05, 0.1) is 14.2 Å². The number of anilines is 1. The van der Waals surface area contributed by atoms with Crippen LogP contribution in [0.2, 0.25) is 0 Å². The lowest BCUT2D eigenvalue weighted by molar-refractivity contribution is 0.354. The van der Waals surface area contributed by atoms with Crippen LogP contribution < -0.4 is 19.9 Å².